The summed E-state index contributed by atoms with van der Waals surface area (Å²) < 4.78 is 5.05. The van der Waals surface area contributed by atoms with Crippen molar-refractivity contribution in [2.24, 2.45) is 5.92 Å². The average molecular weight is 333 g/mol. The van der Waals surface area contributed by atoms with Crippen molar-refractivity contribution in [2.45, 2.75) is 26.7 Å². The van der Waals surface area contributed by atoms with Crippen LogP contribution in [0.4, 0.5) is 5.69 Å². The Morgan fingerprint density at radius 1 is 1.21 bits per heavy atom. The molecule has 1 aliphatic heterocycles. The third-order valence-corrected chi connectivity index (χ3v) is 4.30. The maximum atomic E-state index is 12.2. The Morgan fingerprint density at radius 3 is 2.50 bits per heavy atom. The number of amides is 1. The summed E-state index contributed by atoms with van der Waals surface area (Å²) in [5, 5.41) is 2.82. The summed E-state index contributed by atoms with van der Waals surface area (Å²) in [6.07, 6.45) is 1.48. The highest BCUT2D eigenvalue weighted by molar-refractivity contribution is 6.03. The zero-order chi connectivity index (χ0) is 17.5. The molecule has 1 aromatic carbocycles. The molecule has 2 rings (SSSR count). The van der Waals surface area contributed by atoms with Crippen LogP contribution in [-0.2, 0) is 14.3 Å². The van der Waals surface area contributed by atoms with Gasteiger partial charge in [0.25, 0.3) is 5.91 Å². The van der Waals surface area contributed by atoms with Crippen molar-refractivity contribution in [3.63, 3.8) is 0 Å². The first kappa shape index (κ1) is 18.1. The van der Waals surface area contributed by atoms with Crippen molar-refractivity contribution in [1.82, 2.24) is 0 Å². The molecule has 24 heavy (non-hydrogen) atoms. The minimum atomic E-state index is -0.128. The van der Waals surface area contributed by atoms with Gasteiger partial charge in [-0.1, -0.05) is 12.1 Å². The predicted molar refractivity (Wildman–Crippen MR) is 90.0 cm³/mol. The van der Waals surface area contributed by atoms with E-state index in [9.17, 15) is 14.4 Å². The second kappa shape index (κ2) is 8.59. The minimum absolute atomic E-state index is 0.0461. The van der Waals surface area contributed by atoms with Gasteiger partial charge in [-0.3, -0.25) is 14.4 Å². The van der Waals surface area contributed by atoms with Crippen molar-refractivity contribution < 1.29 is 24.0 Å². The van der Waals surface area contributed by atoms with E-state index in [2.05, 4.69) is 5.32 Å². The molecule has 2 N–H and O–H groups in total. The molecule has 1 aliphatic rings. The molecule has 0 atom stereocenters. The number of ether oxygens (including phenoxy) is 1. The van der Waals surface area contributed by atoms with Crippen LogP contribution in [-0.4, -0.2) is 43.9 Å². The van der Waals surface area contributed by atoms with Crippen LogP contribution in [0.3, 0.4) is 0 Å². The molecule has 0 radical (unpaired) electrons. The number of benzene rings is 1. The van der Waals surface area contributed by atoms with Gasteiger partial charge in [-0.25, -0.2) is 0 Å². The summed E-state index contributed by atoms with van der Waals surface area (Å²) in [6, 6.07) is 7.00. The van der Waals surface area contributed by atoms with Gasteiger partial charge in [-0.15, -0.1) is 0 Å². The monoisotopic (exact) mass is 333 g/mol. The van der Waals surface area contributed by atoms with E-state index in [1.54, 1.807) is 24.3 Å². The third kappa shape index (κ3) is 4.89. The van der Waals surface area contributed by atoms with Gasteiger partial charge in [0.1, 0.15) is 0 Å². The fraction of sp³-hybridized carbons (Fsp3) is 0.500. The topological polar surface area (TPSA) is 76.9 Å². The van der Waals surface area contributed by atoms with E-state index in [0.717, 1.165) is 30.8 Å². The SMILES string of the molecule is CCOC(=O)C1CC[NH+](CC(=O)Nc2ccccc2C(C)=O)CC1. The van der Waals surface area contributed by atoms with Crippen LogP contribution in [0.15, 0.2) is 24.3 Å². The molecule has 0 saturated carbocycles. The Morgan fingerprint density at radius 2 is 1.88 bits per heavy atom. The number of nitrogens with one attached hydrogen (secondary N) is 2. The van der Waals surface area contributed by atoms with Crippen LogP contribution in [0.5, 0.6) is 0 Å². The summed E-state index contributed by atoms with van der Waals surface area (Å²) in [4.78, 5) is 36.7. The van der Waals surface area contributed by atoms with E-state index in [1.165, 1.54) is 6.92 Å². The highest BCUT2D eigenvalue weighted by Gasteiger charge is 2.29. The molecule has 0 spiro atoms. The molecule has 1 aromatic rings. The molecule has 1 saturated heterocycles. The van der Waals surface area contributed by atoms with Crippen LogP contribution < -0.4 is 10.2 Å². The van der Waals surface area contributed by atoms with Crippen LogP contribution in [0.25, 0.3) is 0 Å². The van der Waals surface area contributed by atoms with Crippen molar-refractivity contribution in [3.8, 4) is 0 Å². The van der Waals surface area contributed by atoms with Gasteiger partial charge < -0.3 is 15.0 Å². The van der Waals surface area contributed by atoms with Gasteiger partial charge in [0.05, 0.1) is 31.3 Å². The molecule has 6 heteroatoms. The number of likely N-dealkylation sites (tertiary alicyclic amines) is 1. The summed E-state index contributed by atoms with van der Waals surface area (Å²) in [6.45, 7) is 5.57. The summed E-state index contributed by atoms with van der Waals surface area (Å²) in [5.74, 6) is -0.367. The predicted octanol–water partition coefficient (Wildman–Crippen LogP) is 0.686. The number of anilines is 1. The number of esters is 1. The number of ketones is 1. The van der Waals surface area contributed by atoms with E-state index >= 15 is 0 Å². The molecule has 130 valence electrons. The standard InChI is InChI=1S/C18H24N2O4/c1-3-24-18(23)14-8-10-20(11-9-14)12-17(22)19-16-7-5-4-6-15(16)13(2)21/h4-7,14H,3,8-12H2,1-2H3,(H,19,22)/p+1. The van der Waals surface area contributed by atoms with Crippen molar-refractivity contribution >= 4 is 23.3 Å². The first-order valence-corrected chi connectivity index (χ1v) is 8.41. The molecular weight excluding hydrogens is 308 g/mol. The van der Waals surface area contributed by atoms with Gasteiger partial charge in [0.2, 0.25) is 0 Å². The zero-order valence-corrected chi connectivity index (χ0v) is 14.3. The van der Waals surface area contributed by atoms with E-state index in [1.807, 2.05) is 6.92 Å². The Bertz CT molecular complexity index is 607. The smallest absolute Gasteiger partial charge is 0.309 e. The number of carbonyl (C=O) groups excluding carboxylic acids is 3. The number of hydrogen-bond donors (Lipinski definition) is 2. The minimum Gasteiger partial charge on any atom is -0.466 e. The molecule has 1 amide bonds. The first-order valence-electron chi connectivity index (χ1n) is 8.41. The Kier molecular flexibility index (Phi) is 6.49. The summed E-state index contributed by atoms with van der Waals surface area (Å²) in [5.41, 5.74) is 1.07. The molecule has 0 unspecified atom stereocenters. The number of piperidine rings is 1. The Labute approximate surface area is 142 Å². The maximum absolute atomic E-state index is 12.2. The fourth-order valence-corrected chi connectivity index (χ4v) is 3.02. The van der Waals surface area contributed by atoms with Crippen molar-refractivity contribution in [3.05, 3.63) is 29.8 Å². The highest BCUT2D eigenvalue weighted by atomic mass is 16.5. The van der Waals surface area contributed by atoms with E-state index < -0.39 is 0 Å². The van der Waals surface area contributed by atoms with Gasteiger partial charge in [0, 0.05) is 18.4 Å². The fourth-order valence-electron chi connectivity index (χ4n) is 3.02. The van der Waals surface area contributed by atoms with Gasteiger partial charge in [-0.2, -0.15) is 0 Å². The number of quaternary nitrogens is 1. The van der Waals surface area contributed by atoms with Crippen LogP contribution in [0.1, 0.15) is 37.0 Å². The molecule has 0 bridgehead atoms. The lowest BCUT2D eigenvalue weighted by Gasteiger charge is -2.27. The average Bonchev–Trinajstić information content (AvgIpc) is 2.56. The van der Waals surface area contributed by atoms with Crippen LogP contribution in [0, 0.1) is 5.92 Å². The molecule has 1 heterocycles. The number of rotatable bonds is 6. The quantitative estimate of drug-likeness (QED) is 0.593. The lowest BCUT2D eigenvalue weighted by atomic mass is 9.97. The van der Waals surface area contributed by atoms with Gasteiger partial charge in [0.15, 0.2) is 12.3 Å². The van der Waals surface area contributed by atoms with Crippen molar-refractivity contribution in [2.75, 3.05) is 31.6 Å². The zero-order valence-electron chi connectivity index (χ0n) is 14.3. The number of carbonyl (C=O) groups is 3. The van der Waals surface area contributed by atoms with Crippen LogP contribution >= 0.6 is 0 Å². The normalized spacial score (nSPS) is 20.2. The van der Waals surface area contributed by atoms with E-state index in [4.69, 9.17) is 4.74 Å². The highest BCUT2D eigenvalue weighted by Crippen LogP contribution is 2.15. The number of Topliss-reactive ketones (excluding diaryl/α,β-unsaturated/α-hetero) is 1. The van der Waals surface area contributed by atoms with Gasteiger partial charge >= 0.3 is 5.97 Å². The third-order valence-electron chi connectivity index (χ3n) is 4.30. The second-order valence-corrected chi connectivity index (χ2v) is 6.10. The van der Waals surface area contributed by atoms with Gasteiger partial charge in [-0.05, 0) is 26.0 Å². The van der Waals surface area contributed by atoms with Crippen molar-refractivity contribution in [1.29, 1.82) is 0 Å². The molecule has 6 nitrogen and oxygen atoms in total. The number of para-hydroxylation sites is 1. The number of hydrogen-bond acceptors (Lipinski definition) is 4. The first-order chi connectivity index (χ1) is 11.5. The lowest BCUT2D eigenvalue weighted by molar-refractivity contribution is -0.897. The van der Waals surface area contributed by atoms with E-state index in [-0.39, 0.29) is 23.6 Å². The van der Waals surface area contributed by atoms with E-state index in [0.29, 0.717) is 24.4 Å². The van der Waals surface area contributed by atoms with Crippen LogP contribution in [0.2, 0.25) is 0 Å². The lowest BCUT2D eigenvalue weighted by Crippen LogP contribution is -3.14. The maximum Gasteiger partial charge on any atom is 0.309 e. The summed E-state index contributed by atoms with van der Waals surface area (Å²) >= 11 is 0. The largest absolute Gasteiger partial charge is 0.466 e. The molecular formula is C18H25N2O4+. The molecule has 0 aromatic heterocycles. The summed E-state index contributed by atoms with van der Waals surface area (Å²) in [7, 11) is 0. The molecule has 1 fully saturated rings. The second-order valence-electron chi connectivity index (χ2n) is 6.10. The Balaban J connectivity index is 1.84. The molecule has 0 aliphatic carbocycles. The Hall–Kier alpha value is -2.21.